The number of aromatic nitrogens is 6. The molecule has 1 aliphatic heterocycles. The third kappa shape index (κ3) is 7.62. The molecular formula is C55H38N6O. The van der Waals surface area contributed by atoms with Crippen molar-refractivity contribution in [1.29, 1.82) is 0 Å². The van der Waals surface area contributed by atoms with Crippen LogP contribution in [0.25, 0.3) is 62.3 Å². The van der Waals surface area contributed by atoms with Gasteiger partial charge < -0.3 is 4.74 Å². The number of rotatable bonds is 8. The van der Waals surface area contributed by atoms with E-state index in [2.05, 4.69) is 101 Å². The fourth-order valence-electron chi connectivity index (χ4n) is 7.95. The molecule has 5 aromatic carbocycles. The average Bonchev–Trinajstić information content (AvgIpc) is 3.36. The van der Waals surface area contributed by atoms with Crippen LogP contribution in [0.3, 0.4) is 0 Å². The zero-order chi connectivity index (χ0) is 41.6. The molecule has 5 heterocycles. The normalized spacial score (nSPS) is 13.6. The summed E-state index contributed by atoms with van der Waals surface area (Å²) in [7, 11) is 0. The Labute approximate surface area is 360 Å². The second-order valence-electron chi connectivity index (χ2n) is 14.8. The van der Waals surface area contributed by atoms with Gasteiger partial charge in [-0.05, 0) is 70.8 Å². The van der Waals surface area contributed by atoms with E-state index in [1.807, 2.05) is 109 Å². The number of fused-ring (bicyclic) bond motifs is 1. The maximum atomic E-state index is 6.88. The Hall–Kier alpha value is -8.42. The van der Waals surface area contributed by atoms with Gasteiger partial charge in [-0.15, -0.1) is 0 Å². The lowest BCUT2D eigenvalue weighted by molar-refractivity contribution is 0.469. The number of allylic oxidation sites excluding steroid dienone is 5. The second-order valence-corrected chi connectivity index (χ2v) is 14.8. The molecule has 10 rings (SSSR count). The van der Waals surface area contributed by atoms with Gasteiger partial charge in [0.25, 0.3) is 0 Å². The first-order valence-corrected chi connectivity index (χ1v) is 20.4. The van der Waals surface area contributed by atoms with Crippen molar-refractivity contribution in [3.63, 3.8) is 0 Å². The van der Waals surface area contributed by atoms with Crippen LogP contribution in [0.2, 0.25) is 0 Å². The molecule has 0 unspecified atom stereocenters. The van der Waals surface area contributed by atoms with Crippen molar-refractivity contribution in [2.24, 2.45) is 0 Å². The summed E-state index contributed by atoms with van der Waals surface area (Å²) in [6.45, 7) is 0. The van der Waals surface area contributed by atoms with Gasteiger partial charge in [0, 0.05) is 58.2 Å². The first kappa shape index (κ1) is 37.8. The highest BCUT2D eigenvalue weighted by Gasteiger charge is 2.37. The molecule has 9 aromatic rings. The van der Waals surface area contributed by atoms with Gasteiger partial charge >= 0.3 is 0 Å². The summed E-state index contributed by atoms with van der Waals surface area (Å²) in [5, 5.41) is 0. The fourth-order valence-corrected chi connectivity index (χ4v) is 7.95. The van der Waals surface area contributed by atoms with E-state index in [-0.39, 0.29) is 0 Å². The first-order chi connectivity index (χ1) is 30.7. The minimum Gasteiger partial charge on any atom is -0.465 e. The van der Waals surface area contributed by atoms with Crippen LogP contribution in [0.5, 0.6) is 5.75 Å². The van der Waals surface area contributed by atoms with Crippen molar-refractivity contribution < 1.29 is 4.74 Å². The third-order valence-corrected chi connectivity index (χ3v) is 11.0. The van der Waals surface area contributed by atoms with Crippen molar-refractivity contribution in [3.8, 4) is 62.4 Å². The molecule has 0 spiro atoms. The number of nitrogens with zero attached hydrogens (tertiary/aromatic N) is 6. The quantitative estimate of drug-likeness (QED) is 0.151. The highest BCUT2D eigenvalue weighted by molar-refractivity contribution is 5.81. The predicted molar refractivity (Wildman–Crippen MR) is 246 cm³/mol. The van der Waals surface area contributed by atoms with E-state index in [9.17, 15) is 0 Å². The van der Waals surface area contributed by atoms with Crippen LogP contribution >= 0.6 is 0 Å². The zero-order valence-corrected chi connectivity index (χ0v) is 33.5. The van der Waals surface area contributed by atoms with Gasteiger partial charge in [-0.2, -0.15) is 0 Å². The monoisotopic (exact) mass is 798 g/mol. The molecule has 0 saturated carbocycles. The Morgan fingerprint density at radius 1 is 0.403 bits per heavy atom. The van der Waals surface area contributed by atoms with Gasteiger partial charge in [-0.1, -0.05) is 152 Å². The summed E-state index contributed by atoms with van der Waals surface area (Å²) in [5.74, 6) is 2.37. The molecule has 0 amide bonds. The van der Waals surface area contributed by atoms with E-state index in [4.69, 9.17) is 24.7 Å². The van der Waals surface area contributed by atoms with E-state index in [1.54, 1.807) is 31.0 Å². The van der Waals surface area contributed by atoms with E-state index < -0.39 is 5.41 Å². The maximum absolute atomic E-state index is 6.88. The van der Waals surface area contributed by atoms with Gasteiger partial charge in [-0.3, -0.25) is 9.97 Å². The SMILES string of the molecule is C1=CC(c2ccccc2)(c2ccccc2)c2ccc(-c3nc(-c4ccccc4)nc(-c4ccccc4)n3)cc2O/C=C\C(c2cc(-c3ccncc3)nc(-c3ccncc3)c2)=C1. The minimum atomic E-state index is -0.769. The summed E-state index contributed by atoms with van der Waals surface area (Å²) >= 11 is 0. The number of pyridine rings is 3. The van der Waals surface area contributed by atoms with Crippen LogP contribution in [-0.4, -0.2) is 29.9 Å². The number of benzene rings is 5. The van der Waals surface area contributed by atoms with Crippen LogP contribution in [0, 0.1) is 0 Å². The second kappa shape index (κ2) is 17.0. The Morgan fingerprint density at radius 3 is 1.40 bits per heavy atom. The Kier molecular flexibility index (Phi) is 10.4. The number of ether oxygens (including phenoxy) is 1. The Bertz CT molecular complexity index is 2910. The summed E-state index contributed by atoms with van der Waals surface area (Å²) in [4.78, 5) is 28.7. The molecule has 0 saturated heterocycles. The smallest absolute Gasteiger partial charge is 0.164 e. The van der Waals surface area contributed by atoms with Crippen molar-refractivity contribution >= 4 is 5.57 Å². The Morgan fingerprint density at radius 2 is 0.887 bits per heavy atom. The molecule has 1 aliphatic rings. The lowest BCUT2D eigenvalue weighted by Crippen LogP contribution is -2.27. The van der Waals surface area contributed by atoms with Crippen molar-refractivity contribution in [2.45, 2.75) is 5.41 Å². The van der Waals surface area contributed by atoms with Crippen LogP contribution in [-0.2, 0) is 5.41 Å². The topological polar surface area (TPSA) is 86.6 Å². The van der Waals surface area contributed by atoms with Crippen LogP contribution in [0.1, 0.15) is 22.3 Å². The molecular weight excluding hydrogens is 761 g/mol. The predicted octanol–water partition coefficient (Wildman–Crippen LogP) is 12.3. The molecule has 7 heteroatoms. The van der Waals surface area contributed by atoms with E-state index in [1.165, 1.54) is 0 Å². The highest BCUT2D eigenvalue weighted by atomic mass is 16.5. The van der Waals surface area contributed by atoms with Crippen molar-refractivity contribution in [3.05, 3.63) is 254 Å². The van der Waals surface area contributed by atoms with Crippen LogP contribution in [0.15, 0.2) is 231 Å². The third-order valence-electron chi connectivity index (χ3n) is 11.0. The fraction of sp³-hybridized carbons (Fsp3) is 0.0182. The van der Waals surface area contributed by atoms with E-state index >= 15 is 0 Å². The first-order valence-electron chi connectivity index (χ1n) is 20.4. The van der Waals surface area contributed by atoms with Gasteiger partial charge in [0.15, 0.2) is 17.5 Å². The summed E-state index contributed by atoms with van der Waals surface area (Å²) < 4.78 is 6.88. The van der Waals surface area contributed by atoms with E-state index in [0.29, 0.717) is 23.2 Å². The van der Waals surface area contributed by atoms with Crippen molar-refractivity contribution in [1.82, 2.24) is 29.9 Å². The molecule has 0 radical (unpaired) electrons. The standard InChI is InChI=1S/C55H38N6O/c1-5-14-42(15-6-1)52-59-53(43-16-7-2-8-17-43)61-54(60-52)44-23-24-48-51(38-44)62-35-29-39(18-13-30-55(48,46-19-9-3-10-20-46)47-21-11-4-12-22-47)45-36-49(40-25-31-56-32-26-40)58-50(37-45)41-27-33-57-34-28-41/h1-38H/b30-13?,35-29-,39-18?. The zero-order valence-electron chi connectivity index (χ0n) is 33.5. The average molecular weight is 799 g/mol. The van der Waals surface area contributed by atoms with Gasteiger partial charge in [0.05, 0.1) is 23.1 Å². The lowest BCUT2D eigenvalue weighted by Gasteiger charge is -2.34. The molecule has 4 aromatic heterocycles. The largest absolute Gasteiger partial charge is 0.465 e. The van der Waals surface area contributed by atoms with Crippen LogP contribution in [0.4, 0.5) is 0 Å². The van der Waals surface area contributed by atoms with Gasteiger partial charge in [0.2, 0.25) is 0 Å². The number of hydrogen-bond donors (Lipinski definition) is 0. The molecule has 0 N–H and O–H groups in total. The molecule has 62 heavy (non-hydrogen) atoms. The molecule has 0 atom stereocenters. The Balaban J connectivity index is 1.17. The molecule has 294 valence electrons. The summed E-state index contributed by atoms with van der Waals surface area (Å²) in [6, 6.07) is 59.6. The van der Waals surface area contributed by atoms with Gasteiger partial charge in [0.1, 0.15) is 5.75 Å². The maximum Gasteiger partial charge on any atom is 0.164 e. The molecule has 0 aliphatic carbocycles. The summed E-state index contributed by atoms with van der Waals surface area (Å²) in [6.07, 6.45) is 17.5. The number of hydrogen-bond acceptors (Lipinski definition) is 7. The lowest BCUT2D eigenvalue weighted by atomic mass is 9.68. The molecule has 0 fully saturated rings. The molecule has 7 nitrogen and oxygen atoms in total. The minimum absolute atomic E-state index is 0.537. The highest BCUT2D eigenvalue weighted by Crippen LogP contribution is 2.46. The van der Waals surface area contributed by atoms with Gasteiger partial charge in [-0.25, -0.2) is 19.9 Å². The van der Waals surface area contributed by atoms with E-state index in [0.717, 1.165) is 67.0 Å². The summed E-state index contributed by atoms with van der Waals surface area (Å²) in [5.41, 5.74) is 10.4. The van der Waals surface area contributed by atoms with Crippen molar-refractivity contribution in [2.75, 3.05) is 0 Å². The molecule has 0 bridgehead atoms. The van der Waals surface area contributed by atoms with Crippen LogP contribution < -0.4 is 4.74 Å².